The van der Waals surface area contributed by atoms with Crippen LogP contribution in [0.3, 0.4) is 0 Å². The first kappa shape index (κ1) is 17.1. The number of rotatable bonds is 6. The lowest BCUT2D eigenvalue weighted by Crippen LogP contribution is -2.24. The maximum absolute atomic E-state index is 10.8. The van der Waals surface area contributed by atoms with Gasteiger partial charge in [0.2, 0.25) is 11.8 Å². The van der Waals surface area contributed by atoms with Crippen molar-refractivity contribution in [3.63, 3.8) is 0 Å². The average Bonchev–Trinajstić information content (AvgIpc) is 2.57. The zero-order chi connectivity index (χ0) is 14.0. The third-order valence-electron chi connectivity index (χ3n) is 3.31. The zero-order valence-corrected chi connectivity index (χ0v) is 12.5. The van der Waals surface area contributed by atoms with Gasteiger partial charge in [-0.25, -0.2) is 0 Å². The molecule has 0 spiro atoms. The van der Waals surface area contributed by atoms with Gasteiger partial charge in [-0.2, -0.15) is 0 Å². The number of hydrogen-bond donors (Lipinski definition) is 0. The third-order valence-corrected chi connectivity index (χ3v) is 3.31. The molecule has 3 heteroatoms. The molecule has 0 radical (unpaired) electrons. The van der Waals surface area contributed by atoms with Crippen molar-refractivity contribution in [3.8, 4) is 0 Å². The second kappa shape index (κ2) is 10.1. The van der Waals surface area contributed by atoms with Crippen LogP contribution in [0.25, 0.3) is 0 Å². The summed E-state index contributed by atoms with van der Waals surface area (Å²) >= 11 is 0. The molecule has 0 aromatic rings. The number of nitrogens with zero attached hydrogens (tertiary/aromatic N) is 1. The van der Waals surface area contributed by atoms with Gasteiger partial charge in [-0.15, -0.1) is 0 Å². The number of amides is 2. The molecule has 106 valence electrons. The molecular formula is C15H29NO2. The number of likely N-dealkylation sites (tertiary alicyclic amines) is 1. The van der Waals surface area contributed by atoms with Gasteiger partial charge in [0, 0.05) is 19.4 Å². The summed E-state index contributed by atoms with van der Waals surface area (Å²) in [6.45, 7) is 6.30. The van der Waals surface area contributed by atoms with E-state index >= 15 is 0 Å². The normalized spacial score (nSPS) is 18.9. The molecular weight excluding hydrogens is 226 g/mol. The largest absolute Gasteiger partial charge is 0.286 e. The molecule has 1 saturated heterocycles. The van der Waals surface area contributed by atoms with Gasteiger partial charge < -0.3 is 0 Å². The fraction of sp³-hybridized carbons (Fsp3) is 0.867. The van der Waals surface area contributed by atoms with E-state index in [9.17, 15) is 9.59 Å². The van der Waals surface area contributed by atoms with Crippen LogP contribution in [0.2, 0.25) is 0 Å². The van der Waals surface area contributed by atoms with Gasteiger partial charge in [-0.3, -0.25) is 14.5 Å². The van der Waals surface area contributed by atoms with Crippen LogP contribution in [0.1, 0.15) is 72.1 Å². The molecule has 1 fully saturated rings. The van der Waals surface area contributed by atoms with Crippen molar-refractivity contribution >= 4 is 11.8 Å². The second-order valence-corrected chi connectivity index (χ2v) is 5.16. The van der Waals surface area contributed by atoms with Gasteiger partial charge in [0.1, 0.15) is 0 Å². The molecule has 1 unspecified atom stereocenters. The fourth-order valence-corrected chi connectivity index (χ4v) is 1.97. The Morgan fingerprint density at radius 2 is 1.44 bits per heavy atom. The highest BCUT2D eigenvalue weighted by molar-refractivity contribution is 6.02. The molecule has 1 heterocycles. The van der Waals surface area contributed by atoms with Crippen LogP contribution >= 0.6 is 0 Å². The predicted molar refractivity (Wildman–Crippen MR) is 75.2 cm³/mol. The van der Waals surface area contributed by atoms with Crippen LogP contribution in [0, 0.1) is 5.92 Å². The van der Waals surface area contributed by atoms with Crippen LogP contribution in [-0.4, -0.2) is 23.8 Å². The first-order valence-electron chi connectivity index (χ1n) is 7.34. The van der Waals surface area contributed by atoms with Crippen LogP contribution in [0.4, 0.5) is 0 Å². The van der Waals surface area contributed by atoms with Crippen molar-refractivity contribution in [2.45, 2.75) is 72.1 Å². The summed E-state index contributed by atoms with van der Waals surface area (Å²) in [6.07, 6.45) is 10.4. The lowest BCUT2D eigenvalue weighted by atomic mass is 10.1. The van der Waals surface area contributed by atoms with E-state index in [1.54, 1.807) is 6.92 Å². The Morgan fingerprint density at radius 1 is 1.00 bits per heavy atom. The Balaban J connectivity index is 0.000000321. The Morgan fingerprint density at radius 3 is 1.67 bits per heavy atom. The van der Waals surface area contributed by atoms with Crippen molar-refractivity contribution in [1.82, 2.24) is 4.90 Å². The second-order valence-electron chi connectivity index (χ2n) is 5.16. The predicted octanol–water partition coefficient (Wildman–Crippen LogP) is 3.77. The van der Waals surface area contributed by atoms with E-state index in [0.717, 1.165) is 0 Å². The maximum atomic E-state index is 10.8. The lowest BCUT2D eigenvalue weighted by Gasteiger charge is -2.03. The number of unbranched alkanes of at least 4 members (excludes halogenated alkanes) is 6. The van der Waals surface area contributed by atoms with Gasteiger partial charge in [0.05, 0.1) is 0 Å². The molecule has 0 aliphatic carbocycles. The quantitative estimate of drug-likeness (QED) is 0.535. The minimum Gasteiger partial charge on any atom is -0.286 e. The number of hydrogen-bond acceptors (Lipinski definition) is 2. The summed E-state index contributed by atoms with van der Waals surface area (Å²) in [7, 11) is 1.52. The molecule has 0 aromatic carbocycles. The van der Waals surface area contributed by atoms with Gasteiger partial charge in [0.25, 0.3) is 0 Å². The Hall–Kier alpha value is -0.860. The monoisotopic (exact) mass is 255 g/mol. The highest BCUT2D eigenvalue weighted by Gasteiger charge is 2.32. The van der Waals surface area contributed by atoms with Gasteiger partial charge in [-0.05, 0) is 0 Å². The van der Waals surface area contributed by atoms with Crippen molar-refractivity contribution in [2.75, 3.05) is 7.05 Å². The molecule has 1 aliphatic heterocycles. The van der Waals surface area contributed by atoms with Crippen molar-refractivity contribution in [1.29, 1.82) is 0 Å². The zero-order valence-electron chi connectivity index (χ0n) is 12.5. The SMILES string of the molecule is CC1CC(=O)N(C)C1=O.CCCCCCCCC. The molecule has 0 saturated carbocycles. The Labute approximate surface area is 112 Å². The van der Waals surface area contributed by atoms with Gasteiger partial charge in [-0.1, -0.05) is 65.7 Å². The van der Waals surface area contributed by atoms with E-state index in [2.05, 4.69) is 13.8 Å². The highest BCUT2D eigenvalue weighted by atomic mass is 16.2. The van der Waals surface area contributed by atoms with Crippen molar-refractivity contribution in [3.05, 3.63) is 0 Å². The molecule has 1 aliphatic rings. The van der Waals surface area contributed by atoms with E-state index in [-0.39, 0.29) is 17.7 Å². The smallest absolute Gasteiger partial charge is 0.232 e. The summed E-state index contributed by atoms with van der Waals surface area (Å²) in [4.78, 5) is 22.7. The molecule has 18 heavy (non-hydrogen) atoms. The van der Waals surface area contributed by atoms with Crippen LogP contribution in [0.15, 0.2) is 0 Å². The average molecular weight is 255 g/mol. The summed E-state index contributed by atoms with van der Waals surface area (Å²) in [5.41, 5.74) is 0. The number of imide groups is 1. The Kier molecular flexibility index (Phi) is 9.62. The van der Waals surface area contributed by atoms with E-state index in [1.165, 1.54) is 56.9 Å². The van der Waals surface area contributed by atoms with Crippen molar-refractivity contribution < 1.29 is 9.59 Å². The number of carbonyl (C=O) groups is 2. The molecule has 2 amide bonds. The minimum absolute atomic E-state index is 0.0556. The molecule has 0 bridgehead atoms. The maximum Gasteiger partial charge on any atom is 0.232 e. The van der Waals surface area contributed by atoms with E-state index in [4.69, 9.17) is 0 Å². The number of carbonyl (C=O) groups excluding carboxylic acids is 2. The van der Waals surface area contributed by atoms with Crippen LogP contribution < -0.4 is 0 Å². The summed E-state index contributed by atoms with van der Waals surface area (Å²) in [5, 5.41) is 0. The molecule has 3 nitrogen and oxygen atoms in total. The molecule has 1 rings (SSSR count). The highest BCUT2D eigenvalue weighted by Crippen LogP contribution is 2.15. The first-order chi connectivity index (χ1) is 8.54. The summed E-state index contributed by atoms with van der Waals surface area (Å²) in [6, 6.07) is 0. The standard InChI is InChI=1S/C9H20.C6H9NO2/c1-3-5-7-9-8-6-4-2;1-4-3-5(8)7(2)6(4)9/h3-9H2,1-2H3;4H,3H2,1-2H3. The molecule has 0 N–H and O–H groups in total. The van der Waals surface area contributed by atoms with Crippen LogP contribution in [-0.2, 0) is 9.59 Å². The van der Waals surface area contributed by atoms with Gasteiger partial charge in [0.15, 0.2) is 0 Å². The van der Waals surface area contributed by atoms with Gasteiger partial charge >= 0.3 is 0 Å². The van der Waals surface area contributed by atoms with Crippen molar-refractivity contribution in [2.24, 2.45) is 5.92 Å². The topological polar surface area (TPSA) is 37.4 Å². The van der Waals surface area contributed by atoms with E-state index in [0.29, 0.717) is 6.42 Å². The molecule has 1 atom stereocenters. The first-order valence-corrected chi connectivity index (χ1v) is 7.34. The van der Waals surface area contributed by atoms with E-state index in [1.807, 2.05) is 0 Å². The molecule has 0 aromatic heterocycles. The summed E-state index contributed by atoms with van der Waals surface area (Å²) in [5.74, 6) is -0.213. The van der Waals surface area contributed by atoms with E-state index < -0.39 is 0 Å². The lowest BCUT2D eigenvalue weighted by molar-refractivity contribution is -0.137. The fourth-order valence-electron chi connectivity index (χ4n) is 1.97. The minimum atomic E-state index is -0.0949. The van der Waals surface area contributed by atoms with Crippen LogP contribution in [0.5, 0.6) is 0 Å². The third kappa shape index (κ3) is 6.77. The Bertz CT molecular complexity index is 245. The summed E-state index contributed by atoms with van der Waals surface area (Å²) < 4.78 is 0.